The molecule has 0 radical (unpaired) electrons. The van der Waals surface area contributed by atoms with Gasteiger partial charge in [0, 0.05) is 42.1 Å². The largest absolute Gasteiger partial charge is 0.328 e. The molecule has 0 saturated carbocycles. The monoisotopic (exact) mass is 880 g/mol. The van der Waals surface area contributed by atoms with E-state index in [1.54, 1.807) is 11.1 Å². The standard InChI is InChI=1S/2C18H29.2Pt/c2*1-6-16-11-7-8-12-18(16)17(15(4)5)13-9-10-14(2)3;;/h2*7-9,11-12,14-15,17H,6,10,13H2,1-5H3;;/q2*-1;;. The van der Waals surface area contributed by atoms with Gasteiger partial charge in [0.25, 0.3) is 0 Å². The van der Waals surface area contributed by atoms with E-state index in [1.165, 1.54) is 36.8 Å². The van der Waals surface area contributed by atoms with Gasteiger partial charge in [-0.15, -0.1) is 0 Å². The summed E-state index contributed by atoms with van der Waals surface area (Å²) >= 11 is 0. The van der Waals surface area contributed by atoms with Crippen LogP contribution < -0.4 is 0 Å². The van der Waals surface area contributed by atoms with E-state index in [9.17, 15) is 0 Å². The first kappa shape index (κ1) is 40.0. The van der Waals surface area contributed by atoms with Gasteiger partial charge in [-0.05, 0) is 58.8 Å². The maximum Gasteiger partial charge on any atom is 0 e. The molecule has 38 heavy (non-hydrogen) atoms. The molecular formula is C36H58Pt2-2. The molecule has 2 atom stereocenters. The van der Waals surface area contributed by atoms with E-state index in [-0.39, 0.29) is 42.1 Å². The van der Waals surface area contributed by atoms with Crippen LogP contribution in [-0.4, -0.2) is 0 Å². The summed E-state index contributed by atoms with van der Waals surface area (Å²) in [7, 11) is 0. The van der Waals surface area contributed by atoms with Crippen LogP contribution >= 0.6 is 0 Å². The van der Waals surface area contributed by atoms with Crippen LogP contribution in [0.3, 0.4) is 0 Å². The molecule has 0 aromatic heterocycles. The minimum atomic E-state index is 0. The van der Waals surface area contributed by atoms with Gasteiger partial charge in [-0.1, -0.05) is 130 Å². The molecule has 2 rings (SSSR count). The summed E-state index contributed by atoms with van der Waals surface area (Å²) in [5, 5.41) is 0. The van der Waals surface area contributed by atoms with Crippen LogP contribution in [0.15, 0.2) is 48.5 Å². The fraction of sp³-hybridized carbons (Fsp3) is 0.611. The Kier molecular flexibility index (Phi) is 23.7. The summed E-state index contributed by atoms with van der Waals surface area (Å²) in [6.07, 6.45) is 12.2. The number of hydrogen-bond donors (Lipinski definition) is 0. The number of benzene rings is 2. The SMILES string of the molecule is CCc1ccccc1C(C[CH-]CC(C)C)C(C)C.CCc1ccccc1C(C[CH-]CC(C)C)C(C)C.[Pt].[Pt]. The fourth-order valence-electron chi connectivity index (χ4n) is 5.17. The number of hydrogen-bond acceptors (Lipinski definition) is 0. The van der Waals surface area contributed by atoms with E-state index in [4.69, 9.17) is 0 Å². The minimum absolute atomic E-state index is 0. The molecule has 0 fully saturated rings. The summed E-state index contributed by atoms with van der Waals surface area (Å²) in [6.45, 7) is 23.1. The molecule has 0 spiro atoms. The zero-order valence-corrected chi connectivity index (χ0v) is 30.7. The Morgan fingerprint density at radius 3 is 1.08 bits per heavy atom. The van der Waals surface area contributed by atoms with Crippen molar-refractivity contribution in [1.82, 2.24) is 0 Å². The van der Waals surface area contributed by atoms with Gasteiger partial charge in [-0.3, -0.25) is 0 Å². The molecule has 0 bridgehead atoms. The van der Waals surface area contributed by atoms with Crippen molar-refractivity contribution in [1.29, 1.82) is 0 Å². The van der Waals surface area contributed by atoms with Gasteiger partial charge in [0.15, 0.2) is 0 Å². The predicted octanol–water partition coefficient (Wildman–Crippen LogP) is 11.3. The van der Waals surface area contributed by atoms with Gasteiger partial charge in [-0.25, -0.2) is 0 Å². The van der Waals surface area contributed by atoms with Crippen LogP contribution in [0.4, 0.5) is 0 Å². The van der Waals surface area contributed by atoms with Crippen LogP contribution in [0, 0.1) is 36.5 Å². The zero-order valence-electron chi connectivity index (χ0n) is 26.1. The van der Waals surface area contributed by atoms with E-state index in [0.29, 0.717) is 23.7 Å². The van der Waals surface area contributed by atoms with E-state index < -0.39 is 0 Å². The normalized spacial score (nSPS) is 12.6. The first-order valence-corrected chi connectivity index (χ1v) is 14.9. The molecule has 2 unspecified atom stereocenters. The molecule has 0 heterocycles. The van der Waals surface area contributed by atoms with Gasteiger partial charge in [0.2, 0.25) is 0 Å². The van der Waals surface area contributed by atoms with Crippen LogP contribution in [-0.2, 0) is 55.0 Å². The zero-order chi connectivity index (χ0) is 27.1. The third-order valence-corrected chi connectivity index (χ3v) is 7.40. The van der Waals surface area contributed by atoms with Gasteiger partial charge in [-0.2, -0.15) is 25.7 Å². The van der Waals surface area contributed by atoms with Crippen LogP contribution in [0.2, 0.25) is 0 Å². The van der Waals surface area contributed by atoms with E-state index in [2.05, 4.69) is 131 Å². The van der Waals surface area contributed by atoms with Crippen molar-refractivity contribution in [2.24, 2.45) is 23.7 Å². The van der Waals surface area contributed by atoms with Crippen molar-refractivity contribution in [3.05, 3.63) is 83.6 Å². The smallest absolute Gasteiger partial charge is 0 e. The molecule has 224 valence electrons. The number of rotatable bonds is 14. The molecule has 0 amide bonds. The van der Waals surface area contributed by atoms with Crippen LogP contribution in [0.5, 0.6) is 0 Å². The summed E-state index contributed by atoms with van der Waals surface area (Å²) < 4.78 is 0. The van der Waals surface area contributed by atoms with Crippen LogP contribution in [0.25, 0.3) is 0 Å². The van der Waals surface area contributed by atoms with Crippen molar-refractivity contribution < 1.29 is 42.1 Å². The van der Waals surface area contributed by atoms with Crippen molar-refractivity contribution >= 4 is 0 Å². The molecule has 0 saturated heterocycles. The second-order valence-electron chi connectivity index (χ2n) is 12.1. The van der Waals surface area contributed by atoms with Gasteiger partial charge in [0.1, 0.15) is 0 Å². The average molecular weight is 881 g/mol. The Bertz CT molecular complexity index is 752. The summed E-state index contributed by atoms with van der Waals surface area (Å²) in [4.78, 5) is 0. The van der Waals surface area contributed by atoms with Crippen molar-refractivity contribution in [2.75, 3.05) is 0 Å². The Morgan fingerprint density at radius 2 is 0.816 bits per heavy atom. The summed E-state index contributed by atoms with van der Waals surface area (Å²) in [6, 6.07) is 17.9. The van der Waals surface area contributed by atoms with Gasteiger partial charge < -0.3 is 12.8 Å². The summed E-state index contributed by atoms with van der Waals surface area (Å²) in [5.41, 5.74) is 6.17. The Hall–Kier alpha value is -0.183. The molecular weight excluding hydrogens is 823 g/mol. The maximum absolute atomic E-state index is 2.49. The first-order chi connectivity index (χ1) is 17.1. The molecule has 0 N–H and O–H groups in total. The summed E-state index contributed by atoms with van der Waals surface area (Å²) in [5.74, 6) is 4.33. The van der Waals surface area contributed by atoms with Crippen molar-refractivity contribution in [3.63, 3.8) is 0 Å². The second kappa shape index (κ2) is 22.5. The average Bonchev–Trinajstić information content (AvgIpc) is 2.84. The molecule has 0 aliphatic carbocycles. The van der Waals surface area contributed by atoms with Gasteiger partial charge >= 0.3 is 0 Å². The minimum Gasteiger partial charge on any atom is -0.328 e. The Balaban J connectivity index is 0. The molecule has 0 aliphatic rings. The maximum atomic E-state index is 2.49. The third kappa shape index (κ3) is 15.0. The molecule has 2 aromatic rings. The van der Waals surface area contributed by atoms with E-state index in [1.807, 2.05) is 0 Å². The Labute approximate surface area is 267 Å². The first-order valence-electron chi connectivity index (χ1n) is 14.9. The van der Waals surface area contributed by atoms with Crippen molar-refractivity contribution in [3.8, 4) is 0 Å². The van der Waals surface area contributed by atoms with Gasteiger partial charge in [0.05, 0.1) is 0 Å². The van der Waals surface area contributed by atoms with E-state index >= 15 is 0 Å². The Morgan fingerprint density at radius 1 is 0.500 bits per heavy atom. The second-order valence-corrected chi connectivity index (χ2v) is 12.1. The molecule has 2 heteroatoms. The van der Waals surface area contributed by atoms with Crippen molar-refractivity contribution in [2.45, 2.75) is 120 Å². The predicted molar refractivity (Wildman–Crippen MR) is 164 cm³/mol. The topological polar surface area (TPSA) is 0 Å². The molecule has 0 aliphatic heterocycles. The fourth-order valence-corrected chi connectivity index (χ4v) is 5.17. The van der Waals surface area contributed by atoms with E-state index in [0.717, 1.165) is 24.7 Å². The third-order valence-electron chi connectivity index (χ3n) is 7.40. The quantitative estimate of drug-likeness (QED) is 0.166. The number of aryl methyl sites for hydroxylation is 2. The molecule has 0 nitrogen and oxygen atoms in total. The van der Waals surface area contributed by atoms with Crippen LogP contribution in [0.1, 0.15) is 129 Å². The molecule has 2 aromatic carbocycles.